The van der Waals surface area contributed by atoms with Gasteiger partial charge >= 0.3 is 0 Å². The zero-order chi connectivity index (χ0) is 16.0. The maximum Gasteiger partial charge on any atom is 0.220 e. The topological polar surface area (TPSA) is 54.3 Å². The summed E-state index contributed by atoms with van der Waals surface area (Å²) in [6.45, 7) is 2.48. The van der Waals surface area contributed by atoms with E-state index in [9.17, 15) is 14.3 Å². The van der Waals surface area contributed by atoms with Crippen LogP contribution >= 0.6 is 0 Å². The van der Waals surface area contributed by atoms with E-state index in [1.54, 1.807) is 6.92 Å². The summed E-state index contributed by atoms with van der Waals surface area (Å²) < 4.78 is 14.9. The van der Waals surface area contributed by atoms with E-state index >= 15 is 0 Å². The van der Waals surface area contributed by atoms with Gasteiger partial charge in [0, 0.05) is 25.4 Å². The van der Waals surface area contributed by atoms with Crippen molar-refractivity contribution in [2.45, 2.75) is 31.9 Å². The van der Waals surface area contributed by atoms with Crippen molar-refractivity contribution in [3.63, 3.8) is 0 Å². The van der Waals surface area contributed by atoms with Crippen molar-refractivity contribution in [1.82, 2.24) is 9.88 Å². The number of hydrogen-bond acceptors (Lipinski definition) is 2. The molecule has 1 atom stereocenters. The summed E-state index contributed by atoms with van der Waals surface area (Å²) in [5, 5.41) is 13.1. The Hall–Kier alpha value is -2.14. The maximum atomic E-state index is 12.9. The molecule has 1 amide bonds. The Labute approximate surface area is 129 Å². The number of nitrogens with one attached hydrogen (secondary N) is 1. The lowest BCUT2D eigenvalue weighted by Crippen LogP contribution is -2.38. The van der Waals surface area contributed by atoms with Crippen LogP contribution in [-0.4, -0.2) is 22.1 Å². The van der Waals surface area contributed by atoms with Gasteiger partial charge in [0.1, 0.15) is 11.4 Å². The van der Waals surface area contributed by atoms with Crippen molar-refractivity contribution in [3.05, 3.63) is 60.2 Å². The van der Waals surface area contributed by atoms with Crippen LogP contribution in [0.2, 0.25) is 0 Å². The molecule has 4 nitrogen and oxygen atoms in total. The van der Waals surface area contributed by atoms with Crippen LogP contribution < -0.4 is 5.32 Å². The highest BCUT2D eigenvalue weighted by Gasteiger charge is 2.23. The average molecular weight is 304 g/mol. The van der Waals surface area contributed by atoms with Crippen LogP contribution in [0.5, 0.6) is 0 Å². The number of carbonyl (C=O) groups is 1. The van der Waals surface area contributed by atoms with Gasteiger partial charge in [-0.05, 0) is 43.2 Å². The van der Waals surface area contributed by atoms with E-state index in [1.807, 2.05) is 29.1 Å². The monoisotopic (exact) mass is 304 g/mol. The minimum atomic E-state index is -1.22. The predicted molar refractivity (Wildman–Crippen MR) is 82.6 cm³/mol. The Morgan fingerprint density at radius 2 is 1.91 bits per heavy atom. The van der Waals surface area contributed by atoms with Crippen molar-refractivity contribution >= 4 is 5.91 Å². The lowest BCUT2D eigenvalue weighted by Gasteiger charge is -2.24. The molecule has 0 saturated carbocycles. The minimum Gasteiger partial charge on any atom is -0.384 e. The van der Waals surface area contributed by atoms with E-state index in [1.165, 1.54) is 24.3 Å². The zero-order valence-electron chi connectivity index (χ0n) is 12.6. The summed E-state index contributed by atoms with van der Waals surface area (Å²) >= 11 is 0. The number of aryl methyl sites for hydroxylation is 1. The van der Waals surface area contributed by atoms with Gasteiger partial charge in [0.15, 0.2) is 0 Å². The zero-order valence-corrected chi connectivity index (χ0v) is 12.6. The van der Waals surface area contributed by atoms with Crippen molar-refractivity contribution < 1.29 is 14.3 Å². The number of aliphatic hydroxyl groups is 1. The standard InChI is InChI=1S/C17H21FN2O2/c1-17(22,14-6-8-15(18)9-7-14)13-19-16(21)5-4-12-20-10-2-3-11-20/h2-3,6-11,22H,4-5,12-13H2,1H3,(H,19,21). The van der Waals surface area contributed by atoms with Crippen molar-refractivity contribution in [1.29, 1.82) is 0 Å². The predicted octanol–water partition coefficient (Wildman–Crippen LogP) is 2.43. The quantitative estimate of drug-likeness (QED) is 0.825. The first-order chi connectivity index (χ1) is 10.5. The molecule has 0 aliphatic heterocycles. The largest absolute Gasteiger partial charge is 0.384 e. The number of aromatic nitrogens is 1. The van der Waals surface area contributed by atoms with Crippen molar-refractivity contribution in [3.8, 4) is 0 Å². The molecule has 1 unspecified atom stereocenters. The van der Waals surface area contributed by atoms with Crippen LogP contribution in [0.4, 0.5) is 4.39 Å². The van der Waals surface area contributed by atoms with E-state index in [0.29, 0.717) is 12.0 Å². The molecule has 0 fully saturated rings. The fourth-order valence-electron chi connectivity index (χ4n) is 2.21. The average Bonchev–Trinajstić information content (AvgIpc) is 2.99. The van der Waals surface area contributed by atoms with E-state index in [0.717, 1.165) is 13.0 Å². The normalized spacial score (nSPS) is 13.6. The molecule has 0 aliphatic carbocycles. The highest BCUT2D eigenvalue weighted by molar-refractivity contribution is 5.75. The first-order valence-corrected chi connectivity index (χ1v) is 7.33. The third-order valence-corrected chi connectivity index (χ3v) is 3.58. The fourth-order valence-corrected chi connectivity index (χ4v) is 2.21. The summed E-state index contributed by atoms with van der Waals surface area (Å²) in [7, 11) is 0. The van der Waals surface area contributed by atoms with Crippen LogP contribution in [0.15, 0.2) is 48.8 Å². The second-order valence-corrected chi connectivity index (χ2v) is 5.58. The summed E-state index contributed by atoms with van der Waals surface area (Å²) in [6.07, 6.45) is 5.05. The number of benzene rings is 1. The SMILES string of the molecule is CC(O)(CNC(=O)CCCn1cccc1)c1ccc(F)cc1. The van der Waals surface area contributed by atoms with E-state index in [2.05, 4.69) is 5.32 Å². The molecule has 1 heterocycles. The maximum absolute atomic E-state index is 12.9. The third kappa shape index (κ3) is 4.70. The van der Waals surface area contributed by atoms with Crippen LogP contribution in [0.3, 0.4) is 0 Å². The van der Waals surface area contributed by atoms with Crippen LogP contribution in [-0.2, 0) is 16.9 Å². The molecular weight excluding hydrogens is 283 g/mol. The molecule has 2 rings (SSSR count). The number of carbonyl (C=O) groups excluding carboxylic acids is 1. The molecule has 1 aromatic heterocycles. The molecule has 0 bridgehead atoms. The van der Waals surface area contributed by atoms with Crippen LogP contribution in [0.25, 0.3) is 0 Å². The van der Waals surface area contributed by atoms with Gasteiger partial charge < -0.3 is 15.0 Å². The first-order valence-electron chi connectivity index (χ1n) is 7.33. The number of nitrogens with zero attached hydrogens (tertiary/aromatic N) is 1. The summed E-state index contributed by atoms with van der Waals surface area (Å²) in [5.74, 6) is -0.455. The Kier molecular flexibility index (Phi) is 5.33. The molecular formula is C17H21FN2O2. The van der Waals surface area contributed by atoms with Gasteiger partial charge in [-0.1, -0.05) is 12.1 Å². The Morgan fingerprint density at radius 1 is 1.27 bits per heavy atom. The second kappa shape index (κ2) is 7.22. The molecule has 0 saturated heterocycles. The van der Waals surface area contributed by atoms with Gasteiger partial charge in [-0.25, -0.2) is 4.39 Å². The molecule has 0 spiro atoms. The highest BCUT2D eigenvalue weighted by atomic mass is 19.1. The van der Waals surface area contributed by atoms with Crippen molar-refractivity contribution in [2.24, 2.45) is 0 Å². The fraction of sp³-hybridized carbons (Fsp3) is 0.353. The van der Waals surface area contributed by atoms with Gasteiger partial charge in [-0.15, -0.1) is 0 Å². The summed E-state index contributed by atoms with van der Waals surface area (Å²) in [6, 6.07) is 9.52. The number of hydrogen-bond donors (Lipinski definition) is 2. The summed E-state index contributed by atoms with van der Waals surface area (Å²) in [5.41, 5.74) is -0.648. The van der Waals surface area contributed by atoms with E-state index in [4.69, 9.17) is 0 Å². The Bertz CT molecular complexity index is 592. The highest BCUT2D eigenvalue weighted by Crippen LogP contribution is 2.19. The van der Waals surface area contributed by atoms with Crippen LogP contribution in [0, 0.1) is 5.82 Å². The number of rotatable bonds is 7. The number of halogens is 1. The van der Waals surface area contributed by atoms with Crippen LogP contribution in [0.1, 0.15) is 25.3 Å². The molecule has 118 valence electrons. The van der Waals surface area contributed by atoms with E-state index < -0.39 is 5.60 Å². The van der Waals surface area contributed by atoms with Gasteiger partial charge in [-0.2, -0.15) is 0 Å². The Balaban J connectivity index is 1.76. The van der Waals surface area contributed by atoms with Gasteiger partial charge in [0.05, 0.1) is 6.54 Å². The van der Waals surface area contributed by atoms with Gasteiger partial charge in [-0.3, -0.25) is 4.79 Å². The first kappa shape index (κ1) is 16.2. The summed E-state index contributed by atoms with van der Waals surface area (Å²) in [4.78, 5) is 11.8. The molecule has 5 heteroatoms. The molecule has 0 radical (unpaired) electrons. The minimum absolute atomic E-state index is 0.0982. The Morgan fingerprint density at radius 3 is 2.55 bits per heavy atom. The third-order valence-electron chi connectivity index (χ3n) is 3.58. The molecule has 0 aliphatic rings. The molecule has 1 aromatic carbocycles. The van der Waals surface area contributed by atoms with E-state index in [-0.39, 0.29) is 18.3 Å². The van der Waals surface area contributed by atoms with Gasteiger partial charge in [0.2, 0.25) is 5.91 Å². The lowest BCUT2D eigenvalue weighted by molar-refractivity contribution is -0.122. The second-order valence-electron chi connectivity index (χ2n) is 5.58. The molecule has 2 aromatic rings. The number of amides is 1. The smallest absolute Gasteiger partial charge is 0.220 e. The van der Waals surface area contributed by atoms with Crippen molar-refractivity contribution in [2.75, 3.05) is 6.54 Å². The lowest BCUT2D eigenvalue weighted by atomic mass is 9.96. The molecule has 22 heavy (non-hydrogen) atoms. The molecule has 2 N–H and O–H groups in total. The van der Waals surface area contributed by atoms with Gasteiger partial charge in [0.25, 0.3) is 0 Å².